The van der Waals surface area contributed by atoms with E-state index in [1.807, 2.05) is 6.92 Å². The molecule has 0 saturated heterocycles. The van der Waals surface area contributed by atoms with Gasteiger partial charge < -0.3 is 4.55 Å². The van der Waals surface area contributed by atoms with Crippen molar-refractivity contribution in [3.8, 4) is 0 Å². The van der Waals surface area contributed by atoms with Crippen LogP contribution in [0.3, 0.4) is 0 Å². The summed E-state index contributed by atoms with van der Waals surface area (Å²) in [4.78, 5) is 2.29. The molecule has 0 spiro atoms. The Hall–Kier alpha value is -2.96. The average Bonchev–Trinajstić information content (AvgIpc) is 3.21. The Labute approximate surface area is 220 Å². The number of benzene rings is 3. The van der Waals surface area contributed by atoms with Crippen LogP contribution in [0.2, 0.25) is 0 Å². The number of hydrogen-bond donors (Lipinski definition) is 0. The second-order valence-electron chi connectivity index (χ2n) is 8.63. The van der Waals surface area contributed by atoms with E-state index in [0.29, 0.717) is 15.0 Å². The Kier molecular flexibility index (Phi) is 7.96. The molecule has 0 fully saturated rings. The van der Waals surface area contributed by atoms with Crippen molar-refractivity contribution >= 4 is 52.2 Å². The Morgan fingerprint density at radius 3 is 2.28 bits per heavy atom. The van der Waals surface area contributed by atoms with Crippen LogP contribution >= 0.6 is 0 Å². The zero-order chi connectivity index (χ0) is 25.9. The molecule has 0 amide bonds. The van der Waals surface area contributed by atoms with Crippen LogP contribution in [0.25, 0.3) is 17.0 Å². The van der Waals surface area contributed by atoms with Gasteiger partial charge in [0.2, 0.25) is 0 Å². The molecule has 4 aromatic rings. The van der Waals surface area contributed by atoms with Crippen LogP contribution in [0.15, 0.2) is 88.4 Å². The summed E-state index contributed by atoms with van der Waals surface area (Å²) < 4.78 is 36.5. The summed E-state index contributed by atoms with van der Waals surface area (Å²) in [6, 6.07) is 25.9. The zero-order valence-electron chi connectivity index (χ0n) is 20.9. The Balaban J connectivity index is 0.000000233. The van der Waals surface area contributed by atoms with E-state index in [4.69, 9.17) is 0 Å². The van der Waals surface area contributed by atoms with Crippen molar-refractivity contribution in [3.05, 3.63) is 100 Å². The van der Waals surface area contributed by atoms with E-state index < -0.39 is 10.1 Å². The van der Waals surface area contributed by atoms with Gasteiger partial charge in [-0.2, -0.15) is 0 Å². The maximum absolute atomic E-state index is 10.4. The topological polar surface area (TPSA) is 64.3 Å². The van der Waals surface area contributed by atoms with Gasteiger partial charge in [-0.1, -0.05) is 17.7 Å². The first-order chi connectivity index (χ1) is 17.2. The van der Waals surface area contributed by atoms with Gasteiger partial charge >= 0.3 is 156 Å². The van der Waals surface area contributed by atoms with Gasteiger partial charge in [0.1, 0.15) is 10.1 Å². The van der Waals surface area contributed by atoms with E-state index in [-0.39, 0.29) is 4.90 Å². The number of anilines is 1. The van der Waals surface area contributed by atoms with Crippen LogP contribution in [-0.4, -0.2) is 34.5 Å². The molecule has 0 N–H and O–H groups in total. The molecule has 186 valence electrons. The quantitative estimate of drug-likeness (QED) is 0.207. The summed E-state index contributed by atoms with van der Waals surface area (Å²) in [5, 5.41) is 1.32. The molecule has 1 aliphatic heterocycles. The molecule has 0 saturated carbocycles. The van der Waals surface area contributed by atoms with Gasteiger partial charge in [-0.25, -0.2) is 8.42 Å². The number of aryl methyl sites for hydroxylation is 3. The van der Waals surface area contributed by atoms with Crippen LogP contribution in [0.1, 0.15) is 30.7 Å². The second-order valence-corrected chi connectivity index (χ2v) is 12.2. The average molecular weight is 566 g/mol. The number of aromatic nitrogens is 1. The van der Waals surface area contributed by atoms with E-state index >= 15 is 0 Å². The third kappa shape index (κ3) is 5.71. The van der Waals surface area contributed by atoms with Crippen molar-refractivity contribution in [3.63, 3.8) is 0 Å². The monoisotopic (exact) mass is 566 g/mol. The largest absolute Gasteiger partial charge is 0.744 e. The Morgan fingerprint density at radius 2 is 1.61 bits per heavy atom. The fourth-order valence-corrected chi connectivity index (χ4v) is 7.18. The third-order valence-corrected chi connectivity index (χ3v) is 9.25. The van der Waals surface area contributed by atoms with Crippen molar-refractivity contribution in [2.24, 2.45) is 0 Å². The molecule has 0 radical (unpaired) electrons. The van der Waals surface area contributed by atoms with Crippen molar-refractivity contribution in [2.45, 2.75) is 39.1 Å². The minimum Gasteiger partial charge on any atom is -0.744 e. The molecule has 5 rings (SSSR count). The van der Waals surface area contributed by atoms with E-state index in [2.05, 4.69) is 90.9 Å². The van der Waals surface area contributed by atoms with Gasteiger partial charge in [0.15, 0.2) is 0 Å². The Bertz CT molecular complexity index is 1530. The summed E-state index contributed by atoms with van der Waals surface area (Å²) in [5.74, 6) is 0. The fourth-order valence-electron chi connectivity index (χ4n) is 4.25. The molecule has 0 atom stereocenters. The molecule has 2 heterocycles. The molecule has 1 aliphatic rings. The van der Waals surface area contributed by atoms with Crippen LogP contribution in [0, 0.1) is 13.8 Å². The first-order valence-corrected chi connectivity index (χ1v) is 15.0. The van der Waals surface area contributed by atoms with Crippen molar-refractivity contribution in [1.29, 1.82) is 0 Å². The molecule has 36 heavy (non-hydrogen) atoms. The SMILES string of the molecule is CCN1/C(=C/c2ccc3cc(C)ccc3[n+]2CC)[Se]c2ccccc21.Cc1ccc(S(=O)(=O)[O-])cc1. The number of rotatable bonds is 4. The van der Waals surface area contributed by atoms with Gasteiger partial charge in [0.25, 0.3) is 0 Å². The summed E-state index contributed by atoms with van der Waals surface area (Å²) in [5.41, 5.74) is 6.23. The molecule has 7 heteroatoms. The van der Waals surface area contributed by atoms with Crippen molar-refractivity contribution in [1.82, 2.24) is 0 Å². The summed E-state index contributed by atoms with van der Waals surface area (Å²) >= 11 is 0.375. The van der Waals surface area contributed by atoms with E-state index in [1.165, 1.54) is 49.0 Å². The molecule has 5 nitrogen and oxygen atoms in total. The molecule has 3 aromatic carbocycles. The Morgan fingerprint density at radius 1 is 0.917 bits per heavy atom. The fraction of sp³-hybridized carbons (Fsp3) is 0.207. The molecule has 1 aromatic heterocycles. The number of hydrogen-bond acceptors (Lipinski definition) is 4. The minimum atomic E-state index is -4.27. The van der Waals surface area contributed by atoms with Gasteiger partial charge in [-0.15, -0.1) is 0 Å². The van der Waals surface area contributed by atoms with Crippen LogP contribution in [-0.2, 0) is 16.7 Å². The van der Waals surface area contributed by atoms with E-state index in [0.717, 1.165) is 18.7 Å². The van der Waals surface area contributed by atoms with E-state index in [1.54, 1.807) is 12.1 Å². The molecular weight excluding hydrogens is 535 g/mol. The normalized spacial score (nSPS) is 14.0. The van der Waals surface area contributed by atoms with Crippen LogP contribution in [0.5, 0.6) is 0 Å². The van der Waals surface area contributed by atoms with Gasteiger partial charge in [0.05, 0.1) is 4.90 Å². The van der Waals surface area contributed by atoms with Crippen LogP contribution in [0.4, 0.5) is 5.69 Å². The van der Waals surface area contributed by atoms with Crippen molar-refractivity contribution in [2.75, 3.05) is 11.4 Å². The molecule has 0 aliphatic carbocycles. The predicted molar refractivity (Wildman–Crippen MR) is 147 cm³/mol. The molecular formula is C29H30N2O3SSe. The van der Waals surface area contributed by atoms with E-state index in [9.17, 15) is 13.0 Å². The number of fused-ring (bicyclic) bond motifs is 2. The summed E-state index contributed by atoms with van der Waals surface area (Å²) in [6.07, 6.45) is 2.40. The van der Waals surface area contributed by atoms with Crippen LogP contribution < -0.4 is 13.9 Å². The number of pyridine rings is 1. The van der Waals surface area contributed by atoms with Crippen molar-refractivity contribution < 1.29 is 17.5 Å². The number of para-hydroxylation sites is 1. The van der Waals surface area contributed by atoms with Gasteiger partial charge in [-0.3, -0.25) is 0 Å². The maximum Gasteiger partial charge on any atom is 0.124 e. The zero-order valence-corrected chi connectivity index (χ0v) is 23.5. The predicted octanol–water partition coefficient (Wildman–Crippen LogP) is 4.52. The van der Waals surface area contributed by atoms with Gasteiger partial charge in [-0.05, 0) is 19.1 Å². The summed E-state index contributed by atoms with van der Waals surface area (Å²) in [6.45, 7) is 10.4. The van der Waals surface area contributed by atoms with Gasteiger partial charge in [0, 0.05) is 0 Å². The second kappa shape index (κ2) is 11.0. The minimum absolute atomic E-state index is 0.178. The smallest absolute Gasteiger partial charge is 0.124 e. The standard InChI is InChI=1S/C22H23N2Se.C7H8O3S/c1-4-23-18(12-11-17-14-16(3)10-13-19(17)23)15-22-24(5-2)20-8-6-7-9-21(20)25-22;1-6-2-4-7(5-3-6)11(8,9)10/h6-15H,4-5H2,1-3H3;2-5H,1H3,(H,8,9,10)/q+1;/p-1. The first kappa shape index (κ1) is 26.1. The molecule has 0 bridgehead atoms. The summed E-state index contributed by atoms with van der Waals surface area (Å²) in [7, 11) is -4.27. The number of nitrogens with zero attached hydrogens (tertiary/aromatic N) is 2. The first-order valence-electron chi connectivity index (χ1n) is 11.9. The molecule has 0 unspecified atom stereocenters. The maximum atomic E-state index is 10.4. The third-order valence-electron chi connectivity index (χ3n) is 6.07.